The first kappa shape index (κ1) is 20.9. The zero-order valence-corrected chi connectivity index (χ0v) is 17.9. The maximum Gasteiger partial charge on any atom is 0.255 e. The first-order valence-corrected chi connectivity index (χ1v) is 10.2. The lowest BCUT2D eigenvalue weighted by Gasteiger charge is -2.25. The third kappa shape index (κ3) is 5.15. The molecule has 2 N–H and O–H groups in total. The molecule has 3 rings (SSSR count). The Bertz CT molecular complexity index is 949. The lowest BCUT2D eigenvalue weighted by atomic mass is 9.93. The summed E-state index contributed by atoms with van der Waals surface area (Å²) >= 11 is 1.70. The van der Waals surface area contributed by atoms with Crippen LogP contribution in [0.15, 0.2) is 70.7 Å². The number of benzene rings is 2. The van der Waals surface area contributed by atoms with E-state index < -0.39 is 0 Å². The minimum Gasteiger partial charge on any atom is -0.507 e. The van der Waals surface area contributed by atoms with Crippen LogP contribution in [-0.4, -0.2) is 24.7 Å². The van der Waals surface area contributed by atoms with E-state index in [1.165, 1.54) is 11.0 Å². The van der Waals surface area contributed by atoms with Crippen LogP contribution in [0.1, 0.15) is 31.1 Å². The van der Waals surface area contributed by atoms with Gasteiger partial charge in [-0.2, -0.15) is 0 Å². The minimum atomic E-state index is -0.286. The molecule has 1 amide bonds. The summed E-state index contributed by atoms with van der Waals surface area (Å²) in [7, 11) is 1.65. The summed E-state index contributed by atoms with van der Waals surface area (Å²) in [6.45, 7) is 6.67. The van der Waals surface area contributed by atoms with Gasteiger partial charge in [-0.1, -0.05) is 37.7 Å². The van der Waals surface area contributed by atoms with Gasteiger partial charge < -0.3 is 20.1 Å². The van der Waals surface area contributed by atoms with Gasteiger partial charge in [-0.05, 0) is 49.4 Å². The molecule has 0 bridgehead atoms. The molecular formula is C23H26N2O3S. The molecule has 0 aliphatic carbocycles. The molecule has 0 unspecified atom stereocenters. The Morgan fingerprint density at radius 3 is 2.55 bits per heavy atom. The van der Waals surface area contributed by atoms with Gasteiger partial charge in [0.05, 0.1) is 17.7 Å². The molecule has 6 heteroatoms. The molecule has 2 aromatic carbocycles. The molecule has 0 saturated heterocycles. The fourth-order valence-corrected chi connectivity index (χ4v) is 4.11. The van der Waals surface area contributed by atoms with E-state index in [0.717, 1.165) is 16.5 Å². The van der Waals surface area contributed by atoms with Gasteiger partial charge in [-0.25, -0.2) is 0 Å². The Kier molecular flexibility index (Phi) is 6.23. The zero-order valence-electron chi connectivity index (χ0n) is 17.1. The topological polar surface area (TPSA) is 61.8 Å². The molecule has 0 fully saturated rings. The largest absolute Gasteiger partial charge is 0.507 e. The van der Waals surface area contributed by atoms with Crippen molar-refractivity contribution < 1.29 is 14.6 Å². The van der Waals surface area contributed by atoms with Gasteiger partial charge in [0.2, 0.25) is 0 Å². The Morgan fingerprint density at radius 1 is 1.21 bits per heavy atom. The zero-order chi connectivity index (χ0) is 21.0. The van der Waals surface area contributed by atoms with Crippen LogP contribution in [0.5, 0.6) is 11.5 Å². The number of hydrogen-bond donors (Lipinski definition) is 2. The van der Waals surface area contributed by atoms with Crippen LogP contribution >= 0.6 is 11.8 Å². The quantitative estimate of drug-likeness (QED) is 0.693. The van der Waals surface area contributed by atoms with E-state index >= 15 is 0 Å². The molecule has 152 valence electrons. The second-order valence-electron chi connectivity index (χ2n) is 7.58. The lowest BCUT2D eigenvalue weighted by molar-refractivity contribution is 0.0940. The van der Waals surface area contributed by atoms with E-state index in [2.05, 4.69) is 43.3 Å². The minimum absolute atomic E-state index is 0.0157. The maximum atomic E-state index is 12.4. The Labute approximate surface area is 176 Å². The maximum absolute atomic E-state index is 12.4. The first-order chi connectivity index (χ1) is 13.8. The molecule has 0 radical (unpaired) electrons. The Balaban J connectivity index is 1.74. The van der Waals surface area contributed by atoms with E-state index in [0.29, 0.717) is 6.54 Å². The number of anilines is 1. The summed E-state index contributed by atoms with van der Waals surface area (Å²) in [5.41, 5.74) is 1.05. The van der Waals surface area contributed by atoms with Crippen molar-refractivity contribution in [2.45, 2.75) is 20.8 Å². The SMILES string of the molecule is COc1ccc(N2C=C(C)SC2=CC(C)(C)CNC(=O)c2ccccc2O)cc1. The molecule has 1 aliphatic heterocycles. The summed E-state index contributed by atoms with van der Waals surface area (Å²) in [5.74, 6) is 0.520. The predicted octanol–water partition coefficient (Wildman–Crippen LogP) is 5.11. The fourth-order valence-electron chi connectivity index (χ4n) is 2.98. The number of phenols is 1. The first-order valence-electron chi connectivity index (χ1n) is 9.38. The molecule has 0 aromatic heterocycles. The van der Waals surface area contributed by atoms with Crippen molar-refractivity contribution in [3.05, 3.63) is 76.3 Å². The Morgan fingerprint density at radius 2 is 1.90 bits per heavy atom. The Hall–Kier alpha value is -2.86. The average molecular weight is 411 g/mol. The molecule has 2 aromatic rings. The highest BCUT2D eigenvalue weighted by atomic mass is 32.2. The number of allylic oxidation sites excluding steroid dienone is 1. The molecule has 0 atom stereocenters. The van der Waals surface area contributed by atoms with Crippen LogP contribution in [0, 0.1) is 5.41 Å². The number of carbonyl (C=O) groups excluding carboxylic acids is 1. The number of rotatable bonds is 6. The highest BCUT2D eigenvalue weighted by Crippen LogP contribution is 2.41. The number of nitrogens with zero attached hydrogens (tertiary/aromatic N) is 1. The van der Waals surface area contributed by atoms with E-state index in [1.807, 2.05) is 24.3 Å². The average Bonchev–Trinajstić information content (AvgIpc) is 3.06. The van der Waals surface area contributed by atoms with E-state index in [-0.39, 0.29) is 22.6 Å². The number of aromatic hydroxyl groups is 1. The van der Waals surface area contributed by atoms with Crippen LogP contribution in [0.2, 0.25) is 0 Å². The highest BCUT2D eigenvalue weighted by molar-refractivity contribution is 8.07. The van der Waals surface area contributed by atoms with Crippen molar-refractivity contribution in [3.8, 4) is 11.5 Å². The molecular weight excluding hydrogens is 384 g/mol. The van der Waals surface area contributed by atoms with E-state index in [1.54, 1.807) is 37.1 Å². The van der Waals surface area contributed by atoms with Crippen molar-refractivity contribution in [1.29, 1.82) is 0 Å². The molecule has 0 spiro atoms. The summed E-state index contributed by atoms with van der Waals surface area (Å²) < 4.78 is 5.25. The van der Waals surface area contributed by atoms with Crippen molar-refractivity contribution in [2.24, 2.45) is 5.41 Å². The summed E-state index contributed by atoms with van der Waals surface area (Å²) in [4.78, 5) is 15.8. The van der Waals surface area contributed by atoms with E-state index in [4.69, 9.17) is 4.74 Å². The van der Waals surface area contributed by atoms with Crippen molar-refractivity contribution in [2.75, 3.05) is 18.6 Å². The van der Waals surface area contributed by atoms with Gasteiger partial charge in [0, 0.05) is 28.8 Å². The number of nitrogens with one attached hydrogen (secondary N) is 1. The molecule has 0 saturated carbocycles. The predicted molar refractivity (Wildman–Crippen MR) is 119 cm³/mol. The number of phenolic OH excluding ortho intramolecular Hbond substituents is 1. The third-order valence-electron chi connectivity index (χ3n) is 4.53. The highest BCUT2D eigenvalue weighted by Gasteiger charge is 2.24. The monoisotopic (exact) mass is 410 g/mol. The number of methoxy groups -OCH3 is 1. The van der Waals surface area contributed by atoms with Crippen LogP contribution in [0.4, 0.5) is 5.69 Å². The van der Waals surface area contributed by atoms with E-state index in [9.17, 15) is 9.90 Å². The van der Waals surface area contributed by atoms with Crippen molar-refractivity contribution >= 4 is 23.4 Å². The van der Waals surface area contributed by atoms with Gasteiger partial charge in [0.25, 0.3) is 5.91 Å². The summed E-state index contributed by atoms with van der Waals surface area (Å²) in [6.07, 6.45) is 4.27. The van der Waals surface area contributed by atoms with Gasteiger partial charge >= 0.3 is 0 Å². The van der Waals surface area contributed by atoms with Gasteiger partial charge in [-0.15, -0.1) is 0 Å². The number of carbonyl (C=O) groups is 1. The number of amides is 1. The van der Waals surface area contributed by atoms with Crippen LogP contribution in [0.25, 0.3) is 0 Å². The molecule has 5 nitrogen and oxygen atoms in total. The smallest absolute Gasteiger partial charge is 0.255 e. The number of ether oxygens (including phenoxy) is 1. The third-order valence-corrected chi connectivity index (χ3v) is 5.48. The number of hydrogen-bond acceptors (Lipinski definition) is 5. The molecule has 29 heavy (non-hydrogen) atoms. The van der Waals surface area contributed by atoms with Crippen LogP contribution in [-0.2, 0) is 0 Å². The van der Waals surface area contributed by atoms with Crippen LogP contribution in [0.3, 0.4) is 0 Å². The van der Waals surface area contributed by atoms with Crippen LogP contribution < -0.4 is 15.0 Å². The summed E-state index contributed by atoms with van der Waals surface area (Å²) in [5, 5.41) is 13.9. The van der Waals surface area contributed by atoms with Crippen molar-refractivity contribution in [3.63, 3.8) is 0 Å². The summed E-state index contributed by atoms with van der Waals surface area (Å²) in [6, 6.07) is 14.5. The van der Waals surface area contributed by atoms with Crippen molar-refractivity contribution in [1.82, 2.24) is 5.32 Å². The second-order valence-corrected chi connectivity index (χ2v) is 8.85. The van der Waals surface area contributed by atoms with Gasteiger partial charge in [0.1, 0.15) is 11.5 Å². The standard InChI is InChI=1S/C23H26N2O3S/c1-16-14-25(17-9-11-18(28-4)12-10-17)21(29-16)13-23(2,3)15-24-22(27)19-7-5-6-8-20(19)26/h5-14,26H,15H2,1-4H3,(H,24,27). The molecule has 1 heterocycles. The normalized spacial score (nSPS) is 15.4. The lowest BCUT2D eigenvalue weighted by Crippen LogP contribution is -2.33. The molecule has 1 aliphatic rings. The second kappa shape index (κ2) is 8.66. The van der Waals surface area contributed by atoms with Gasteiger partial charge in [0.15, 0.2) is 0 Å². The number of thioether (sulfide) groups is 1. The number of para-hydroxylation sites is 1. The fraction of sp³-hybridized carbons (Fsp3) is 0.261. The van der Waals surface area contributed by atoms with Gasteiger partial charge in [-0.3, -0.25) is 4.79 Å².